The quantitative estimate of drug-likeness (QED) is 0.362. The van der Waals surface area contributed by atoms with Crippen molar-refractivity contribution in [3.63, 3.8) is 0 Å². The minimum Gasteiger partial charge on any atom is -0.343 e. The van der Waals surface area contributed by atoms with Gasteiger partial charge >= 0.3 is 0 Å². The average molecular weight is 383 g/mol. The normalized spacial score (nSPS) is 12.3. The van der Waals surface area contributed by atoms with Gasteiger partial charge in [0.1, 0.15) is 0 Å². The molecular weight excluding hydrogens is 352 g/mol. The van der Waals surface area contributed by atoms with Crippen LogP contribution in [0.15, 0.2) is 85.1 Å². The molecule has 0 unspecified atom stereocenters. The van der Waals surface area contributed by atoms with E-state index in [0.29, 0.717) is 6.04 Å². The van der Waals surface area contributed by atoms with E-state index >= 15 is 0 Å². The van der Waals surface area contributed by atoms with Crippen molar-refractivity contribution in [3.05, 3.63) is 107 Å². The van der Waals surface area contributed by atoms with Crippen LogP contribution in [-0.4, -0.2) is 4.57 Å². The van der Waals surface area contributed by atoms with Crippen LogP contribution in [0.25, 0.3) is 10.9 Å². The second-order valence-electron chi connectivity index (χ2n) is 7.92. The summed E-state index contributed by atoms with van der Waals surface area (Å²) in [5.74, 6) is 0. The van der Waals surface area contributed by atoms with Crippen molar-refractivity contribution in [2.75, 3.05) is 0 Å². The molecule has 2 heteroatoms. The zero-order valence-electron chi connectivity index (χ0n) is 17.4. The molecule has 148 valence electrons. The van der Waals surface area contributed by atoms with Crippen LogP contribution in [0, 0.1) is 6.92 Å². The van der Waals surface area contributed by atoms with Gasteiger partial charge in [0.15, 0.2) is 0 Å². The highest BCUT2D eigenvalue weighted by Gasteiger charge is 2.13. The number of para-hydroxylation sites is 1. The molecule has 0 aliphatic heterocycles. The molecule has 0 spiro atoms. The number of rotatable bonds is 8. The van der Waals surface area contributed by atoms with E-state index in [0.717, 1.165) is 19.5 Å². The zero-order chi connectivity index (χ0) is 20.1. The maximum absolute atomic E-state index is 3.82. The van der Waals surface area contributed by atoms with E-state index in [1.165, 1.54) is 39.6 Å². The third-order valence-corrected chi connectivity index (χ3v) is 5.66. The molecule has 0 amide bonds. The van der Waals surface area contributed by atoms with E-state index in [1.54, 1.807) is 0 Å². The van der Waals surface area contributed by atoms with E-state index in [2.05, 4.69) is 109 Å². The molecule has 0 fully saturated rings. The Morgan fingerprint density at radius 3 is 2.34 bits per heavy atom. The highest BCUT2D eigenvalue weighted by Crippen LogP contribution is 2.25. The summed E-state index contributed by atoms with van der Waals surface area (Å²) in [5, 5.41) is 5.16. The number of nitrogens with one attached hydrogen (secondary N) is 1. The first kappa shape index (κ1) is 19.5. The summed E-state index contributed by atoms with van der Waals surface area (Å²) in [6, 6.07) is 28.8. The van der Waals surface area contributed by atoms with E-state index in [-0.39, 0.29) is 0 Å². The van der Waals surface area contributed by atoms with Gasteiger partial charge in [-0.25, -0.2) is 0 Å². The van der Waals surface area contributed by atoms with Crippen molar-refractivity contribution in [1.82, 2.24) is 9.88 Å². The molecule has 1 N–H and O–H groups in total. The SMILES string of the molecule is CCC[C@@H](NCc1cn(Cc2ccc(C)cc2)c2ccccc12)c1ccccc1. The smallest absolute Gasteiger partial charge is 0.0486 e. The van der Waals surface area contributed by atoms with Crippen LogP contribution in [0.3, 0.4) is 0 Å². The summed E-state index contributed by atoms with van der Waals surface area (Å²) in [6.07, 6.45) is 4.64. The fourth-order valence-electron chi connectivity index (χ4n) is 4.08. The molecule has 0 saturated heterocycles. The van der Waals surface area contributed by atoms with Gasteiger partial charge in [0.2, 0.25) is 0 Å². The summed E-state index contributed by atoms with van der Waals surface area (Å²) in [7, 11) is 0. The number of fused-ring (bicyclic) bond motifs is 1. The van der Waals surface area contributed by atoms with Crippen molar-refractivity contribution in [1.29, 1.82) is 0 Å². The Labute approximate surface area is 174 Å². The number of hydrogen-bond acceptors (Lipinski definition) is 1. The monoisotopic (exact) mass is 382 g/mol. The Hall–Kier alpha value is -2.84. The van der Waals surface area contributed by atoms with Crippen molar-refractivity contribution in [2.24, 2.45) is 0 Å². The first-order valence-corrected chi connectivity index (χ1v) is 10.6. The Balaban J connectivity index is 1.58. The largest absolute Gasteiger partial charge is 0.343 e. The molecule has 4 rings (SSSR count). The molecule has 0 bridgehead atoms. The number of aryl methyl sites for hydroxylation is 1. The first-order valence-electron chi connectivity index (χ1n) is 10.6. The lowest BCUT2D eigenvalue weighted by atomic mass is 10.0. The molecule has 3 aromatic carbocycles. The van der Waals surface area contributed by atoms with Gasteiger partial charge < -0.3 is 9.88 Å². The van der Waals surface area contributed by atoms with Gasteiger partial charge in [-0.15, -0.1) is 0 Å². The predicted molar refractivity (Wildman–Crippen MR) is 123 cm³/mol. The van der Waals surface area contributed by atoms with Crippen LogP contribution >= 0.6 is 0 Å². The molecule has 29 heavy (non-hydrogen) atoms. The van der Waals surface area contributed by atoms with Gasteiger partial charge in [-0.3, -0.25) is 0 Å². The fraction of sp³-hybridized carbons (Fsp3) is 0.259. The molecule has 1 heterocycles. The maximum atomic E-state index is 3.82. The predicted octanol–water partition coefficient (Wildman–Crippen LogP) is 6.63. The average Bonchev–Trinajstić information content (AvgIpc) is 3.11. The van der Waals surface area contributed by atoms with E-state index in [1.807, 2.05) is 0 Å². The van der Waals surface area contributed by atoms with Gasteiger partial charge in [0.05, 0.1) is 0 Å². The standard InChI is InChI=1S/C27H30N2/c1-3-9-26(23-10-5-4-6-11-23)28-18-24-20-29(27-13-8-7-12-25(24)27)19-22-16-14-21(2)15-17-22/h4-8,10-17,20,26,28H,3,9,18-19H2,1-2H3/t26-/m1/s1. The van der Waals surface area contributed by atoms with Crippen LogP contribution < -0.4 is 5.32 Å². The van der Waals surface area contributed by atoms with Gasteiger partial charge in [-0.1, -0.05) is 91.7 Å². The van der Waals surface area contributed by atoms with Crippen LogP contribution in [0.5, 0.6) is 0 Å². The summed E-state index contributed by atoms with van der Waals surface area (Å²) < 4.78 is 2.38. The van der Waals surface area contributed by atoms with Crippen LogP contribution in [0.4, 0.5) is 0 Å². The van der Waals surface area contributed by atoms with Crippen LogP contribution in [0.1, 0.15) is 48.1 Å². The Morgan fingerprint density at radius 2 is 1.59 bits per heavy atom. The Bertz CT molecular complexity index is 1050. The highest BCUT2D eigenvalue weighted by molar-refractivity contribution is 5.84. The van der Waals surface area contributed by atoms with Gasteiger partial charge in [0, 0.05) is 36.2 Å². The van der Waals surface area contributed by atoms with Crippen LogP contribution in [-0.2, 0) is 13.1 Å². The van der Waals surface area contributed by atoms with Gasteiger partial charge in [-0.05, 0) is 36.1 Å². The molecule has 0 radical (unpaired) electrons. The molecule has 1 atom stereocenters. The summed E-state index contributed by atoms with van der Waals surface area (Å²) >= 11 is 0. The van der Waals surface area contributed by atoms with E-state index in [9.17, 15) is 0 Å². The van der Waals surface area contributed by atoms with Crippen molar-refractivity contribution in [3.8, 4) is 0 Å². The number of benzene rings is 3. The van der Waals surface area contributed by atoms with Crippen molar-refractivity contribution < 1.29 is 0 Å². The molecule has 2 nitrogen and oxygen atoms in total. The third-order valence-electron chi connectivity index (χ3n) is 5.66. The summed E-state index contributed by atoms with van der Waals surface area (Å²) in [5.41, 5.74) is 6.68. The van der Waals surface area contributed by atoms with E-state index in [4.69, 9.17) is 0 Å². The molecule has 0 aliphatic carbocycles. The minimum atomic E-state index is 0.389. The van der Waals surface area contributed by atoms with Gasteiger partial charge in [-0.2, -0.15) is 0 Å². The number of aromatic nitrogens is 1. The Morgan fingerprint density at radius 1 is 0.862 bits per heavy atom. The lowest BCUT2D eigenvalue weighted by molar-refractivity contribution is 0.494. The summed E-state index contributed by atoms with van der Waals surface area (Å²) in [4.78, 5) is 0. The van der Waals surface area contributed by atoms with Gasteiger partial charge in [0.25, 0.3) is 0 Å². The molecule has 4 aromatic rings. The maximum Gasteiger partial charge on any atom is 0.0486 e. The zero-order valence-corrected chi connectivity index (χ0v) is 17.4. The van der Waals surface area contributed by atoms with Crippen LogP contribution in [0.2, 0.25) is 0 Å². The highest BCUT2D eigenvalue weighted by atomic mass is 15.0. The Kier molecular flexibility index (Phi) is 6.12. The molecule has 0 saturated carbocycles. The topological polar surface area (TPSA) is 17.0 Å². The van der Waals surface area contributed by atoms with E-state index < -0.39 is 0 Å². The minimum absolute atomic E-state index is 0.389. The third kappa shape index (κ3) is 4.60. The lowest BCUT2D eigenvalue weighted by Gasteiger charge is -2.18. The number of hydrogen-bond donors (Lipinski definition) is 1. The number of nitrogens with zero attached hydrogens (tertiary/aromatic N) is 1. The second-order valence-corrected chi connectivity index (χ2v) is 7.92. The summed E-state index contributed by atoms with van der Waals surface area (Å²) in [6.45, 7) is 6.17. The molecule has 0 aliphatic rings. The molecular formula is C27H30N2. The lowest BCUT2D eigenvalue weighted by Crippen LogP contribution is -2.20. The molecule has 1 aromatic heterocycles. The first-order chi connectivity index (χ1) is 14.2. The fourth-order valence-corrected chi connectivity index (χ4v) is 4.08. The van der Waals surface area contributed by atoms with Crippen molar-refractivity contribution in [2.45, 2.75) is 45.8 Å². The second kappa shape index (κ2) is 9.11. The van der Waals surface area contributed by atoms with Crippen molar-refractivity contribution >= 4 is 10.9 Å².